The maximum absolute atomic E-state index is 6.06. The highest BCUT2D eigenvalue weighted by Crippen LogP contribution is 2.32. The molecule has 18 heavy (non-hydrogen) atoms. The molecule has 0 amide bonds. The van der Waals surface area contributed by atoms with Crippen LogP contribution < -0.4 is 5.73 Å². The highest BCUT2D eigenvalue weighted by molar-refractivity contribution is 7.73. The number of anilines is 1. The van der Waals surface area contributed by atoms with Crippen LogP contribution in [0.4, 0.5) is 5.82 Å². The fraction of sp³-hybridized carbons (Fsp3) is 0.182. The van der Waals surface area contributed by atoms with E-state index in [1.165, 1.54) is 11.3 Å². The zero-order chi connectivity index (χ0) is 12.9. The Hall–Kier alpha value is -1.73. The molecule has 3 heterocycles. The largest absolute Gasteiger partial charge is 0.384 e. The van der Waals surface area contributed by atoms with Crippen molar-refractivity contribution in [2.45, 2.75) is 0 Å². The zero-order valence-electron chi connectivity index (χ0n) is 9.91. The first kappa shape index (κ1) is 11.4. The van der Waals surface area contributed by atoms with Gasteiger partial charge in [-0.2, -0.15) is 0 Å². The predicted octanol–water partition coefficient (Wildman–Crippen LogP) is 2.35. The van der Waals surface area contributed by atoms with Gasteiger partial charge in [-0.3, -0.25) is 0 Å². The Morgan fingerprint density at radius 1 is 1.33 bits per heavy atom. The van der Waals surface area contributed by atoms with Crippen LogP contribution in [0.5, 0.6) is 0 Å². The van der Waals surface area contributed by atoms with E-state index in [9.17, 15) is 0 Å². The van der Waals surface area contributed by atoms with E-state index < -0.39 is 0 Å². The van der Waals surface area contributed by atoms with Gasteiger partial charge in [0.05, 0.1) is 5.52 Å². The molecule has 0 atom stereocenters. The normalized spacial score (nSPS) is 11.2. The Bertz CT molecular complexity index is 795. The van der Waals surface area contributed by atoms with Gasteiger partial charge in [0.25, 0.3) is 0 Å². The van der Waals surface area contributed by atoms with E-state index in [2.05, 4.69) is 9.97 Å². The highest BCUT2D eigenvalue weighted by Gasteiger charge is 2.16. The number of pyridine rings is 1. The average Bonchev–Trinajstić information content (AvgIpc) is 2.83. The lowest BCUT2D eigenvalue weighted by Crippen LogP contribution is -1.99. The van der Waals surface area contributed by atoms with Crippen molar-refractivity contribution < 1.29 is 0 Å². The second-order valence-corrected chi connectivity index (χ2v) is 5.63. The van der Waals surface area contributed by atoms with Crippen molar-refractivity contribution in [1.82, 2.24) is 19.1 Å². The molecule has 0 aliphatic rings. The van der Waals surface area contributed by atoms with Crippen LogP contribution in [-0.2, 0) is 14.1 Å². The first-order valence-electron chi connectivity index (χ1n) is 5.32. The predicted molar refractivity (Wildman–Crippen MR) is 76.0 cm³/mol. The number of aromatic nitrogens is 4. The minimum atomic E-state index is 0.642. The molecular weight excluding hydrogens is 266 g/mol. The Morgan fingerprint density at radius 2 is 2.11 bits per heavy atom. The average molecular weight is 277 g/mol. The number of fused-ring (bicyclic) bond motifs is 1. The molecule has 0 saturated heterocycles. The lowest BCUT2D eigenvalue weighted by molar-refractivity contribution is 0.926. The lowest BCUT2D eigenvalue weighted by Gasteiger charge is -2.01. The molecule has 5 nitrogen and oxygen atoms in total. The summed E-state index contributed by atoms with van der Waals surface area (Å²) in [6.07, 6.45) is 1.73. The van der Waals surface area contributed by atoms with Crippen LogP contribution in [-0.4, -0.2) is 19.1 Å². The number of aryl methyl sites for hydroxylation is 1. The molecule has 3 aromatic heterocycles. The van der Waals surface area contributed by atoms with Crippen molar-refractivity contribution in [3.63, 3.8) is 0 Å². The summed E-state index contributed by atoms with van der Waals surface area (Å²) in [4.78, 5) is 9.66. The summed E-state index contributed by atoms with van der Waals surface area (Å²) in [6, 6.07) is 3.88. The second-order valence-electron chi connectivity index (χ2n) is 3.98. The van der Waals surface area contributed by atoms with Gasteiger partial charge in [-0.05, 0) is 24.4 Å². The van der Waals surface area contributed by atoms with Gasteiger partial charge in [0.1, 0.15) is 10.7 Å². The SMILES string of the molecule is Cn1c(N)c(-c2nc3ncccc3n2C)sc1=S. The minimum absolute atomic E-state index is 0.642. The maximum Gasteiger partial charge on any atom is 0.178 e. The molecule has 0 aliphatic carbocycles. The van der Waals surface area contributed by atoms with Crippen molar-refractivity contribution in [1.29, 1.82) is 0 Å². The first-order chi connectivity index (χ1) is 8.59. The van der Waals surface area contributed by atoms with Crippen LogP contribution in [0.1, 0.15) is 0 Å². The van der Waals surface area contributed by atoms with E-state index >= 15 is 0 Å². The van der Waals surface area contributed by atoms with Gasteiger partial charge in [-0.15, -0.1) is 0 Å². The highest BCUT2D eigenvalue weighted by atomic mass is 32.1. The molecule has 3 aromatic rings. The Labute approximate surface area is 113 Å². The van der Waals surface area contributed by atoms with E-state index in [1.807, 2.05) is 30.8 Å². The van der Waals surface area contributed by atoms with Crippen LogP contribution in [0.3, 0.4) is 0 Å². The molecule has 92 valence electrons. The van der Waals surface area contributed by atoms with Crippen molar-refractivity contribution in [2.24, 2.45) is 14.1 Å². The summed E-state index contributed by atoms with van der Waals surface area (Å²) in [7, 11) is 3.81. The Kier molecular flexibility index (Phi) is 2.46. The third kappa shape index (κ3) is 1.48. The molecule has 0 saturated carbocycles. The fourth-order valence-electron chi connectivity index (χ4n) is 1.85. The smallest absolute Gasteiger partial charge is 0.178 e. The van der Waals surface area contributed by atoms with Gasteiger partial charge in [0.2, 0.25) is 0 Å². The summed E-state index contributed by atoms with van der Waals surface area (Å²) in [5, 5.41) is 0. The van der Waals surface area contributed by atoms with Gasteiger partial charge in [0.15, 0.2) is 15.4 Å². The molecular formula is C11H11N5S2. The summed E-state index contributed by atoms with van der Waals surface area (Å²) >= 11 is 6.70. The van der Waals surface area contributed by atoms with E-state index in [-0.39, 0.29) is 0 Å². The van der Waals surface area contributed by atoms with Gasteiger partial charge < -0.3 is 14.9 Å². The van der Waals surface area contributed by atoms with Crippen LogP contribution in [0.25, 0.3) is 21.9 Å². The fourth-order valence-corrected chi connectivity index (χ4v) is 3.12. The van der Waals surface area contributed by atoms with Crippen LogP contribution in [0.2, 0.25) is 0 Å². The van der Waals surface area contributed by atoms with Crippen molar-refractivity contribution >= 4 is 40.5 Å². The monoisotopic (exact) mass is 277 g/mol. The van der Waals surface area contributed by atoms with Gasteiger partial charge in [0, 0.05) is 20.3 Å². The van der Waals surface area contributed by atoms with Crippen molar-refractivity contribution in [2.75, 3.05) is 5.73 Å². The minimum Gasteiger partial charge on any atom is -0.384 e. The molecule has 2 N–H and O–H groups in total. The number of imidazole rings is 1. The number of nitrogens with zero attached hydrogens (tertiary/aromatic N) is 4. The molecule has 3 rings (SSSR count). The molecule has 0 aliphatic heterocycles. The molecule has 0 bridgehead atoms. The summed E-state index contributed by atoms with van der Waals surface area (Å²) in [5.41, 5.74) is 7.76. The number of hydrogen-bond acceptors (Lipinski definition) is 5. The Morgan fingerprint density at radius 3 is 2.72 bits per heavy atom. The van der Waals surface area contributed by atoms with Gasteiger partial charge in [-0.25, -0.2) is 9.97 Å². The molecule has 0 radical (unpaired) electrons. The number of rotatable bonds is 1. The van der Waals surface area contributed by atoms with E-state index in [4.69, 9.17) is 18.0 Å². The standard InChI is InChI=1S/C11H11N5S2/c1-15-6-4-3-5-13-9(6)14-10(15)7-8(12)16(2)11(17)18-7/h3-5H,12H2,1-2H3. The topological polar surface area (TPSA) is 61.7 Å². The van der Waals surface area contributed by atoms with Crippen LogP contribution >= 0.6 is 23.6 Å². The van der Waals surface area contributed by atoms with E-state index in [0.29, 0.717) is 5.82 Å². The van der Waals surface area contributed by atoms with E-state index in [0.717, 1.165) is 25.8 Å². The van der Waals surface area contributed by atoms with Crippen molar-refractivity contribution in [3.8, 4) is 10.7 Å². The first-order valence-corrected chi connectivity index (χ1v) is 6.55. The molecule has 0 spiro atoms. The van der Waals surface area contributed by atoms with Gasteiger partial charge in [-0.1, -0.05) is 11.3 Å². The third-order valence-electron chi connectivity index (χ3n) is 2.92. The lowest BCUT2D eigenvalue weighted by atomic mass is 10.4. The summed E-state index contributed by atoms with van der Waals surface area (Å²) < 4.78 is 4.52. The molecule has 0 unspecified atom stereocenters. The molecule has 0 aromatic carbocycles. The van der Waals surface area contributed by atoms with E-state index in [1.54, 1.807) is 10.8 Å². The third-order valence-corrected chi connectivity index (χ3v) is 4.49. The number of nitrogen functional groups attached to an aromatic ring is 1. The van der Waals surface area contributed by atoms with Crippen molar-refractivity contribution in [3.05, 3.63) is 22.3 Å². The summed E-state index contributed by atoms with van der Waals surface area (Å²) in [6.45, 7) is 0. The second kappa shape index (κ2) is 3.89. The van der Waals surface area contributed by atoms with Crippen LogP contribution in [0.15, 0.2) is 18.3 Å². The zero-order valence-corrected chi connectivity index (χ0v) is 11.5. The van der Waals surface area contributed by atoms with Crippen LogP contribution in [0, 0.1) is 3.95 Å². The number of hydrogen-bond donors (Lipinski definition) is 1. The summed E-state index contributed by atoms with van der Waals surface area (Å²) in [5.74, 6) is 1.45. The molecule has 7 heteroatoms. The quantitative estimate of drug-likeness (QED) is 0.694. The number of thiazole rings is 1. The maximum atomic E-state index is 6.06. The molecule has 0 fully saturated rings. The number of nitrogens with two attached hydrogens (primary N) is 1. The van der Waals surface area contributed by atoms with Gasteiger partial charge >= 0.3 is 0 Å². The Balaban J connectivity index is 2.35.